The molecule has 1 amide bonds. The van der Waals surface area contributed by atoms with Gasteiger partial charge in [-0.25, -0.2) is 18.8 Å². The SMILES string of the molecule is CC(C)OCCCNNC(=O)[C@]1(CCS(=O)(=O)c2ccccc2)COC(c2ccc(OCCCO)cc2)=N1. The van der Waals surface area contributed by atoms with E-state index in [1.54, 1.807) is 42.5 Å². The summed E-state index contributed by atoms with van der Waals surface area (Å²) in [6.07, 6.45) is 1.29. The fraction of sp³-hybridized carbons (Fsp3) is 0.481. The van der Waals surface area contributed by atoms with Gasteiger partial charge in [0.15, 0.2) is 15.4 Å². The maximum atomic E-state index is 13.3. The predicted octanol–water partition coefficient (Wildman–Crippen LogP) is 2.26. The smallest absolute Gasteiger partial charge is 0.265 e. The number of carbonyl (C=O) groups is 1. The van der Waals surface area contributed by atoms with Gasteiger partial charge in [-0.2, -0.15) is 0 Å². The van der Waals surface area contributed by atoms with Crippen molar-refractivity contribution in [2.45, 2.75) is 49.6 Å². The van der Waals surface area contributed by atoms with E-state index in [1.165, 1.54) is 12.1 Å². The number of benzene rings is 2. The van der Waals surface area contributed by atoms with Crippen LogP contribution in [0.25, 0.3) is 0 Å². The molecule has 0 radical (unpaired) electrons. The first-order valence-electron chi connectivity index (χ1n) is 12.8. The molecule has 0 spiro atoms. The van der Waals surface area contributed by atoms with Gasteiger partial charge in [0, 0.05) is 31.7 Å². The third-order valence-electron chi connectivity index (χ3n) is 5.84. The molecule has 0 unspecified atom stereocenters. The number of nitrogens with zero attached hydrogens (tertiary/aromatic N) is 1. The molecule has 0 aliphatic carbocycles. The summed E-state index contributed by atoms with van der Waals surface area (Å²) in [5.41, 5.74) is 4.78. The van der Waals surface area contributed by atoms with Crippen molar-refractivity contribution in [3.63, 3.8) is 0 Å². The van der Waals surface area contributed by atoms with E-state index >= 15 is 0 Å². The van der Waals surface area contributed by atoms with Crippen LogP contribution in [-0.4, -0.2) is 75.7 Å². The first-order valence-corrected chi connectivity index (χ1v) is 14.4. The van der Waals surface area contributed by atoms with Gasteiger partial charge in [0.1, 0.15) is 12.4 Å². The standard InChI is InChI=1S/C27H37N3O7S/c1-21(2)35-17-6-15-28-30-26(32)27(14-19-38(33,34)24-8-4-3-5-9-24)20-37-25(29-27)22-10-12-23(13-11-22)36-18-7-16-31/h3-5,8-13,21,28,31H,6-7,14-20H2,1-2H3,(H,30,32)/t27-/m0/s1. The summed E-state index contributed by atoms with van der Waals surface area (Å²) in [5, 5.41) is 8.90. The first kappa shape index (κ1) is 29.6. The molecule has 0 saturated heterocycles. The third-order valence-corrected chi connectivity index (χ3v) is 7.58. The van der Waals surface area contributed by atoms with Crippen LogP contribution in [0.3, 0.4) is 0 Å². The van der Waals surface area contributed by atoms with Gasteiger partial charge in [-0.15, -0.1) is 0 Å². The van der Waals surface area contributed by atoms with Crippen molar-refractivity contribution in [1.82, 2.24) is 10.9 Å². The lowest BCUT2D eigenvalue weighted by molar-refractivity contribution is -0.127. The van der Waals surface area contributed by atoms with Gasteiger partial charge in [-0.05, 0) is 63.1 Å². The molecule has 0 saturated carbocycles. The zero-order valence-corrected chi connectivity index (χ0v) is 22.7. The summed E-state index contributed by atoms with van der Waals surface area (Å²) in [6.45, 7) is 5.28. The van der Waals surface area contributed by atoms with Crippen LogP contribution < -0.4 is 15.6 Å². The van der Waals surface area contributed by atoms with Gasteiger partial charge in [0.25, 0.3) is 5.91 Å². The van der Waals surface area contributed by atoms with Crippen LogP contribution in [0.5, 0.6) is 5.75 Å². The number of ether oxygens (including phenoxy) is 3. The number of hydrazine groups is 1. The second kappa shape index (κ2) is 14.2. The Labute approximate surface area is 224 Å². The molecule has 1 aliphatic rings. The Morgan fingerprint density at radius 1 is 1.11 bits per heavy atom. The third kappa shape index (κ3) is 8.52. The number of aliphatic imine (C=N–C) groups is 1. The molecule has 2 aromatic carbocycles. The normalized spacial score (nSPS) is 17.2. The molecular weight excluding hydrogens is 510 g/mol. The van der Waals surface area contributed by atoms with Gasteiger partial charge in [-0.1, -0.05) is 18.2 Å². The molecule has 1 heterocycles. The maximum Gasteiger partial charge on any atom is 0.265 e. The number of aliphatic hydroxyl groups is 1. The number of hydrogen-bond acceptors (Lipinski definition) is 9. The van der Waals surface area contributed by atoms with Crippen molar-refractivity contribution in [3.05, 3.63) is 60.2 Å². The molecule has 1 atom stereocenters. The summed E-state index contributed by atoms with van der Waals surface area (Å²) in [7, 11) is -3.64. The maximum absolute atomic E-state index is 13.3. The average molecular weight is 548 g/mol. The van der Waals surface area contributed by atoms with Crippen LogP contribution in [0, 0.1) is 0 Å². The molecular formula is C27H37N3O7S. The van der Waals surface area contributed by atoms with E-state index in [-0.39, 0.29) is 42.3 Å². The molecule has 208 valence electrons. The Kier molecular flexibility index (Phi) is 11.1. The lowest BCUT2D eigenvalue weighted by Gasteiger charge is -2.23. The fourth-order valence-corrected chi connectivity index (χ4v) is 5.10. The van der Waals surface area contributed by atoms with Gasteiger partial charge < -0.3 is 19.3 Å². The second-order valence-corrected chi connectivity index (χ2v) is 11.3. The van der Waals surface area contributed by atoms with Crippen molar-refractivity contribution in [2.24, 2.45) is 4.99 Å². The number of rotatable bonds is 16. The zero-order chi connectivity index (χ0) is 27.4. The highest BCUT2D eigenvalue weighted by atomic mass is 32.2. The number of carbonyl (C=O) groups excluding carboxylic acids is 1. The minimum Gasteiger partial charge on any atom is -0.494 e. The number of nitrogens with one attached hydrogen (secondary N) is 2. The van der Waals surface area contributed by atoms with Crippen LogP contribution in [0.4, 0.5) is 0 Å². The summed E-state index contributed by atoms with van der Waals surface area (Å²) in [6, 6.07) is 15.2. The summed E-state index contributed by atoms with van der Waals surface area (Å²) < 4.78 is 42.8. The van der Waals surface area contributed by atoms with E-state index in [1.807, 2.05) is 13.8 Å². The molecule has 3 rings (SSSR count). The molecule has 1 aliphatic heterocycles. The first-order chi connectivity index (χ1) is 18.3. The Hall–Kier alpha value is -2.99. The molecule has 2 aromatic rings. The Bertz CT molecular complexity index is 1150. The van der Waals surface area contributed by atoms with Gasteiger partial charge in [0.05, 0.1) is 23.4 Å². The van der Waals surface area contributed by atoms with Crippen LogP contribution in [0.2, 0.25) is 0 Å². The van der Waals surface area contributed by atoms with Crippen molar-refractivity contribution in [2.75, 3.05) is 38.7 Å². The van der Waals surface area contributed by atoms with Gasteiger partial charge in [-0.3, -0.25) is 10.2 Å². The molecule has 0 bridgehead atoms. The number of hydrogen-bond donors (Lipinski definition) is 3. The van der Waals surface area contributed by atoms with Crippen LogP contribution in [-0.2, 0) is 24.1 Å². The van der Waals surface area contributed by atoms with E-state index in [0.717, 1.165) is 0 Å². The quantitative estimate of drug-likeness (QED) is 0.215. The van der Waals surface area contributed by atoms with Crippen LogP contribution >= 0.6 is 0 Å². The second-order valence-electron chi connectivity index (χ2n) is 9.22. The molecule has 3 N–H and O–H groups in total. The van der Waals surface area contributed by atoms with E-state index < -0.39 is 21.3 Å². The number of sulfone groups is 1. The van der Waals surface area contributed by atoms with Crippen LogP contribution in [0.15, 0.2) is 64.5 Å². The van der Waals surface area contributed by atoms with E-state index in [0.29, 0.717) is 43.9 Å². The van der Waals surface area contributed by atoms with Crippen LogP contribution in [0.1, 0.15) is 38.7 Å². The van der Waals surface area contributed by atoms with Gasteiger partial charge in [0.2, 0.25) is 5.90 Å². The summed E-state index contributed by atoms with van der Waals surface area (Å²) in [5.74, 6) is 0.142. The lowest BCUT2D eigenvalue weighted by atomic mass is 9.98. The minimum absolute atomic E-state index is 0.0491. The molecule has 10 nitrogen and oxygen atoms in total. The Morgan fingerprint density at radius 2 is 1.84 bits per heavy atom. The van der Waals surface area contributed by atoms with E-state index in [9.17, 15) is 13.2 Å². The van der Waals surface area contributed by atoms with Crippen molar-refractivity contribution >= 4 is 21.6 Å². The minimum atomic E-state index is -3.64. The topological polar surface area (TPSA) is 136 Å². The lowest BCUT2D eigenvalue weighted by Crippen LogP contribution is -2.52. The van der Waals surface area contributed by atoms with Crippen molar-refractivity contribution in [1.29, 1.82) is 0 Å². The highest BCUT2D eigenvalue weighted by Gasteiger charge is 2.45. The van der Waals surface area contributed by atoms with E-state index in [4.69, 9.17) is 19.3 Å². The molecule has 38 heavy (non-hydrogen) atoms. The Balaban J connectivity index is 1.73. The number of aliphatic hydroxyl groups excluding tert-OH is 1. The monoisotopic (exact) mass is 547 g/mol. The van der Waals surface area contributed by atoms with Gasteiger partial charge >= 0.3 is 0 Å². The molecule has 0 fully saturated rings. The van der Waals surface area contributed by atoms with E-state index in [2.05, 4.69) is 15.8 Å². The fourth-order valence-electron chi connectivity index (χ4n) is 3.69. The highest BCUT2D eigenvalue weighted by Crippen LogP contribution is 2.28. The average Bonchev–Trinajstić information content (AvgIpc) is 3.36. The van der Waals surface area contributed by atoms with Crippen molar-refractivity contribution < 1.29 is 32.5 Å². The number of amides is 1. The summed E-state index contributed by atoms with van der Waals surface area (Å²) >= 11 is 0. The molecule has 0 aromatic heterocycles. The predicted molar refractivity (Wildman–Crippen MR) is 144 cm³/mol. The largest absolute Gasteiger partial charge is 0.494 e. The zero-order valence-electron chi connectivity index (χ0n) is 21.9. The molecule has 11 heteroatoms. The Morgan fingerprint density at radius 3 is 2.53 bits per heavy atom. The highest BCUT2D eigenvalue weighted by molar-refractivity contribution is 7.91. The summed E-state index contributed by atoms with van der Waals surface area (Å²) in [4.78, 5) is 18.1. The van der Waals surface area contributed by atoms with Crippen molar-refractivity contribution in [3.8, 4) is 5.75 Å².